The quantitative estimate of drug-likeness (QED) is 0.720. The Morgan fingerprint density at radius 2 is 1.69 bits per heavy atom. The van der Waals surface area contributed by atoms with Gasteiger partial charge in [-0.1, -0.05) is 41.5 Å². The third-order valence-electron chi connectivity index (χ3n) is 1.94. The van der Waals surface area contributed by atoms with Gasteiger partial charge in [-0.3, -0.25) is 4.79 Å². The van der Waals surface area contributed by atoms with Crippen LogP contribution in [0.2, 0.25) is 0 Å². The highest BCUT2D eigenvalue weighted by Gasteiger charge is 2.29. The second-order valence-electron chi connectivity index (χ2n) is 5.59. The highest BCUT2D eigenvalue weighted by Crippen LogP contribution is 2.25. The summed E-state index contributed by atoms with van der Waals surface area (Å²) in [6, 6.07) is 0. The first kappa shape index (κ1) is 10.7. The summed E-state index contributed by atoms with van der Waals surface area (Å²) in [5, 5.41) is 9.78. The van der Waals surface area contributed by atoms with Crippen LogP contribution in [0.1, 0.15) is 49.3 Å². The fraction of sp³-hybridized carbons (Fsp3) is 0.909. The molecule has 2 heteroatoms. The van der Waals surface area contributed by atoms with Crippen LogP contribution in [0.25, 0.3) is 0 Å². The van der Waals surface area contributed by atoms with Crippen molar-refractivity contribution in [1.82, 2.24) is 0 Å². The van der Waals surface area contributed by atoms with Crippen molar-refractivity contribution < 1.29 is 11.3 Å². The van der Waals surface area contributed by atoms with Crippen LogP contribution in [0.4, 0.5) is 0 Å². The van der Waals surface area contributed by atoms with Gasteiger partial charge in [0, 0.05) is 13.2 Å². The number of ketones is 1. The molecule has 0 rings (SSSR count). The zero-order chi connectivity index (χ0) is 11.7. The molecule has 0 heterocycles. The van der Waals surface area contributed by atoms with E-state index in [2.05, 4.69) is 0 Å². The summed E-state index contributed by atoms with van der Waals surface area (Å²) in [6.45, 7) is 10.8. The van der Waals surface area contributed by atoms with E-state index < -0.39 is 23.3 Å². The molecule has 0 spiro atoms. The van der Waals surface area contributed by atoms with Crippen molar-refractivity contribution in [2.45, 2.75) is 54.0 Å². The van der Waals surface area contributed by atoms with E-state index in [4.69, 9.17) is 1.37 Å². The number of carbonyl (C=O) groups is 1. The van der Waals surface area contributed by atoms with Crippen LogP contribution in [-0.2, 0) is 4.79 Å². The molecule has 0 aromatic heterocycles. The molecule has 0 aromatic rings. The lowest BCUT2D eigenvalue weighted by Gasteiger charge is -2.27. The highest BCUT2D eigenvalue weighted by molar-refractivity contribution is 5.84. The molecule has 1 N–H and O–H groups in total. The zero-order valence-corrected chi connectivity index (χ0v) is 9.51. The number of aliphatic hydroxyl groups excluding tert-OH is 1. The van der Waals surface area contributed by atoms with E-state index in [1.807, 2.05) is 20.8 Å². The van der Waals surface area contributed by atoms with Crippen LogP contribution in [-0.4, -0.2) is 17.0 Å². The van der Waals surface area contributed by atoms with Gasteiger partial charge < -0.3 is 5.11 Å². The molecule has 0 aliphatic rings. The Hall–Kier alpha value is -0.370. The van der Waals surface area contributed by atoms with Crippen LogP contribution < -0.4 is 0 Å². The number of hydrogen-bond donors (Lipinski definition) is 1. The highest BCUT2D eigenvalue weighted by atomic mass is 16.3. The lowest BCUT2D eigenvalue weighted by molar-refractivity contribution is -0.129. The molecule has 2 nitrogen and oxygen atoms in total. The van der Waals surface area contributed by atoms with Gasteiger partial charge in [0.05, 0.1) is 6.10 Å². The van der Waals surface area contributed by atoms with Gasteiger partial charge in [0.1, 0.15) is 5.78 Å². The van der Waals surface area contributed by atoms with E-state index >= 15 is 0 Å². The summed E-state index contributed by atoms with van der Waals surface area (Å²) in [7, 11) is 0. The van der Waals surface area contributed by atoms with E-state index in [9.17, 15) is 9.90 Å². The van der Waals surface area contributed by atoms with E-state index in [-0.39, 0.29) is 5.78 Å². The molecule has 0 fully saturated rings. The maximum atomic E-state index is 11.7. The Balaban J connectivity index is 4.65. The third-order valence-corrected chi connectivity index (χ3v) is 1.94. The van der Waals surface area contributed by atoms with Crippen molar-refractivity contribution in [3.8, 4) is 0 Å². The monoisotopic (exact) mass is 187 g/mol. The summed E-state index contributed by atoms with van der Waals surface area (Å²) in [6.07, 6.45) is -1.95. The fourth-order valence-electron chi connectivity index (χ4n) is 0.643. The molecule has 2 atom stereocenters. The van der Waals surface area contributed by atoms with Gasteiger partial charge in [0.15, 0.2) is 0 Å². The Morgan fingerprint density at radius 1 is 1.31 bits per heavy atom. The molecule has 0 unspecified atom stereocenters. The fourth-order valence-corrected chi connectivity index (χ4v) is 0.643. The number of carbonyl (C=O) groups excluding carboxylic acids is 1. The average molecular weight is 187 g/mol. The summed E-state index contributed by atoms with van der Waals surface area (Å²) in [4.78, 5) is 11.7. The minimum absolute atomic E-state index is 0.208. The van der Waals surface area contributed by atoms with Crippen LogP contribution in [0.5, 0.6) is 0 Å². The van der Waals surface area contributed by atoms with Gasteiger partial charge in [-0.15, -0.1) is 0 Å². The van der Waals surface area contributed by atoms with Crippen molar-refractivity contribution >= 4 is 5.78 Å². The van der Waals surface area contributed by atoms with Crippen molar-refractivity contribution in [2.75, 3.05) is 0 Å². The minimum Gasteiger partial charge on any atom is -0.392 e. The van der Waals surface area contributed by atoms with Crippen molar-refractivity contribution in [3.63, 3.8) is 0 Å². The molecular formula is C11H22O2. The summed E-state index contributed by atoms with van der Waals surface area (Å²) < 4.78 is 7.70. The SMILES string of the molecule is [2H][C@@H](C(=O)C(C)(C)C)[C@H](O)C(C)(C)C. The molecule has 78 valence electrons. The van der Waals surface area contributed by atoms with Gasteiger partial charge in [0.2, 0.25) is 0 Å². The predicted octanol–water partition coefficient (Wildman–Crippen LogP) is 2.40. The number of Topliss-reactive ketones (excluding diaryl/α,β-unsaturated/α-hetero) is 1. The normalized spacial score (nSPS) is 19.2. The van der Waals surface area contributed by atoms with Crippen molar-refractivity contribution in [2.24, 2.45) is 10.8 Å². The third kappa shape index (κ3) is 4.41. The second kappa shape index (κ2) is 3.79. The Kier molecular flexibility index (Phi) is 3.12. The number of aliphatic hydroxyl groups is 1. The van der Waals surface area contributed by atoms with Crippen LogP contribution in [0, 0.1) is 10.8 Å². The lowest BCUT2D eigenvalue weighted by Crippen LogP contribution is -2.32. The maximum absolute atomic E-state index is 11.7. The zero-order valence-electron chi connectivity index (χ0n) is 10.5. The van der Waals surface area contributed by atoms with E-state index in [0.29, 0.717) is 0 Å². The Morgan fingerprint density at radius 3 is 1.92 bits per heavy atom. The Labute approximate surface area is 82.7 Å². The number of rotatable bonds is 2. The molecule has 0 aliphatic carbocycles. The predicted molar refractivity (Wildman–Crippen MR) is 54.5 cm³/mol. The summed E-state index contributed by atoms with van der Waals surface area (Å²) in [5.74, 6) is -0.208. The van der Waals surface area contributed by atoms with Crippen LogP contribution in [0.3, 0.4) is 0 Å². The molecule has 0 radical (unpaired) electrons. The molecule has 13 heavy (non-hydrogen) atoms. The first-order valence-electron chi connectivity index (χ1n) is 5.20. The largest absolute Gasteiger partial charge is 0.392 e. The molecule has 0 aromatic carbocycles. The standard InChI is InChI=1S/C11H22O2/c1-10(2,3)8(12)7-9(13)11(4,5)6/h8,12H,7H2,1-6H3/t8-/m0/s1/i7D/t7-,8+/m1. The van der Waals surface area contributed by atoms with Gasteiger partial charge in [-0.05, 0) is 5.41 Å². The van der Waals surface area contributed by atoms with Crippen LogP contribution >= 0.6 is 0 Å². The molecule has 0 saturated carbocycles. The molecule has 0 amide bonds. The van der Waals surface area contributed by atoms with Gasteiger partial charge in [-0.25, -0.2) is 0 Å². The smallest absolute Gasteiger partial charge is 0.140 e. The van der Waals surface area contributed by atoms with E-state index in [0.717, 1.165) is 0 Å². The first-order chi connectivity index (χ1) is 5.98. The minimum atomic E-state index is -1.05. The van der Waals surface area contributed by atoms with Gasteiger partial charge >= 0.3 is 0 Å². The molecule has 0 saturated heterocycles. The molecule has 0 bridgehead atoms. The summed E-state index contributed by atoms with van der Waals surface area (Å²) >= 11 is 0. The van der Waals surface area contributed by atoms with Gasteiger partial charge in [0.25, 0.3) is 0 Å². The Bertz CT molecular complexity index is 210. The van der Waals surface area contributed by atoms with Crippen molar-refractivity contribution in [1.29, 1.82) is 0 Å². The van der Waals surface area contributed by atoms with E-state index in [1.54, 1.807) is 20.8 Å². The second-order valence-corrected chi connectivity index (χ2v) is 5.59. The summed E-state index contributed by atoms with van der Waals surface area (Å²) in [5.41, 5.74) is -0.980. The average Bonchev–Trinajstić information content (AvgIpc) is 1.97. The molecular weight excluding hydrogens is 164 g/mol. The van der Waals surface area contributed by atoms with Crippen molar-refractivity contribution in [3.05, 3.63) is 0 Å². The first-order valence-corrected chi connectivity index (χ1v) is 4.62. The number of hydrogen-bond acceptors (Lipinski definition) is 2. The lowest BCUT2D eigenvalue weighted by atomic mass is 9.81. The van der Waals surface area contributed by atoms with E-state index in [1.165, 1.54) is 0 Å². The van der Waals surface area contributed by atoms with Crippen LogP contribution in [0.15, 0.2) is 0 Å². The maximum Gasteiger partial charge on any atom is 0.140 e. The topological polar surface area (TPSA) is 37.3 Å². The molecule has 0 aliphatic heterocycles. The van der Waals surface area contributed by atoms with Gasteiger partial charge in [-0.2, -0.15) is 0 Å².